The molecule has 1 unspecified atom stereocenters. The number of hydrogen-bond acceptors (Lipinski definition) is 7. The van der Waals surface area contributed by atoms with Crippen LogP contribution in [0.1, 0.15) is 63.4 Å². The molecule has 2 aliphatic heterocycles. The molecule has 0 spiro atoms. The molecule has 2 aliphatic rings. The Morgan fingerprint density at radius 2 is 1.80 bits per heavy atom. The van der Waals surface area contributed by atoms with Gasteiger partial charge in [-0.2, -0.15) is 0 Å². The van der Waals surface area contributed by atoms with E-state index in [1.54, 1.807) is 40.2 Å². The fraction of sp³-hybridized carbons (Fsp3) is 0.355. The van der Waals surface area contributed by atoms with E-state index in [9.17, 15) is 14.4 Å². The molecular formula is C31H31N3O4S2. The summed E-state index contributed by atoms with van der Waals surface area (Å²) in [5.74, 6) is 0.625. The van der Waals surface area contributed by atoms with Crippen molar-refractivity contribution in [3.8, 4) is 5.69 Å². The van der Waals surface area contributed by atoms with Gasteiger partial charge in [0.25, 0.3) is 17.4 Å². The summed E-state index contributed by atoms with van der Waals surface area (Å²) in [6.07, 6.45) is 2.26. The average molecular weight is 574 g/mol. The number of thioether (sulfide) groups is 1. The van der Waals surface area contributed by atoms with Gasteiger partial charge in [-0.25, -0.2) is 4.98 Å². The molecule has 0 bridgehead atoms. The van der Waals surface area contributed by atoms with Crippen molar-refractivity contribution >= 4 is 45.1 Å². The van der Waals surface area contributed by atoms with E-state index in [2.05, 4.69) is 13.8 Å². The summed E-state index contributed by atoms with van der Waals surface area (Å²) in [4.78, 5) is 47.7. The Hall–Kier alpha value is -3.27. The number of thiophene rings is 1. The standard InChI is InChI=1S/C31H31N3O4S2/c1-18(2)24-16-23-25(17-38-24)40-27-26(23)30(37)34(20-10-8-9-19(3)15-20)31(32-27)39-14-7-6-13-33-28(35)21-11-4-5-12-22(21)29(33)36/h4-5,8-12,15,18,24H,6-7,13-14,16-17H2,1-3H3. The highest BCUT2D eigenvalue weighted by atomic mass is 32.2. The van der Waals surface area contributed by atoms with E-state index in [4.69, 9.17) is 9.72 Å². The van der Waals surface area contributed by atoms with Crippen molar-refractivity contribution in [1.82, 2.24) is 14.5 Å². The summed E-state index contributed by atoms with van der Waals surface area (Å²) in [6, 6.07) is 14.9. The molecule has 0 fully saturated rings. The second kappa shape index (κ2) is 11.0. The number of benzene rings is 2. The summed E-state index contributed by atoms with van der Waals surface area (Å²) in [5.41, 5.74) is 3.88. The number of imide groups is 1. The van der Waals surface area contributed by atoms with Gasteiger partial charge in [0, 0.05) is 23.6 Å². The molecule has 0 radical (unpaired) electrons. The minimum Gasteiger partial charge on any atom is -0.372 e. The second-order valence-electron chi connectivity index (χ2n) is 10.7. The SMILES string of the molecule is Cc1cccc(-n2c(SCCCCN3C(=O)c4ccccc4C3=O)nc3sc4c(c3c2=O)CC(C(C)C)OC4)c1. The highest BCUT2D eigenvalue weighted by Crippen LogP contribution is 2.36. The predicted molar refractivity (Wildman–Crippen MR) is 159 cm³/mol. The first-order chi connectivity index (χ1) is 19.3. The summed E-state index contributed by atoms with van der Waals surface area (Å²) < 4.78 is 7.83. The van der Waals surface area contributed by atoms with Gasteiger partial charge in [0.1, 0.15) is 4.83 Å². The quantitative estimate of drug-likeness (QED) is 0.111. The fourth-order valence-corrected chi connectivity index (χ4v) is 7.58. The molecule has 2 aromatic carbocycles. The third-order valence-electron chi connectivity index (χ3n) is 7.60. The van der Waals surface area contributed by atoms with Gasteiger partial charge in [0.15, 0.2) is 5.16 Å². The summed E-state index contributed by atoms with van der Waals surface area (Å²) in [7, 11) is 0. The number of rotatable bonds is 8. The van der Waals surface area contributed by atoms with Crippen LogP contribution >= 0.6 is 23.1 Å². The first-order valence-corrected chi connectivity index (χ1v) is 15.5. The van der Waals surface area contributed by atoms with Crippen LogP contribution in [0.2, 0.25) is 0 Å². The van der Waals surface area contributed by atoms with E-state index in [-0.39, 0.29) is 23.5 Å². The van der Waals surface area contributed by atoms with Crippen molar-refractivity contribution in [1.29, 1.82) is 0 Å². The number of aromatic nitrogens is 2. The topological polar surface area (TPSA) is 81.5 Å². The zero-order valence-electron chi connectivity index (χ0n) is 22.8. The minimum atomic E-state index is -0.223. The van der Waals surface area contributed by atoms with Crippen molar-refractivity contribution in [2.45, 2.75) is 57.9 Å². The van der Waals surface area contributed by atoms with E-state index < -0.39 is 0 Å². The van der Waals surface area contributed by atoms with Gasteiger partial charge in [-0.3, -0.25) is 23.9 Å². The van der Waals surface area contributed by atoms with Crippen molar-refractivity contribution in [2.75, 3.05) is 12.3 Å². The number of carbonyl (C=O) groups is 2. The number of unbranched alkanes of at least 4 members (excludes halogenated alkanes) is 1. The van der Waals surface area contributed by atoms with Crippen molar-refractivity contribution in [3.05, 3.63) is 86.0 Å². The van der Waals surface area contributed by atoms with E-state index in [1.165, 1.54) is 16.7 Å². The number of amides is 2. The molecular weight excluding hydrogens is 542 g/mol. The van der Waals surface area contributed by atoms with Crippen LogP contribution < -0.4 is 5.56 Å². The maximum Gasteiger partial charge on any atom is 0.267 e. The first kappa shape index (κ1) is 26.9. The number of aryl methyl sites for hydroxylation is 1. The van der Waals surface area contributed by atoms with Crippen molar-refractivity contribution < 1.29 is 14.3 Å². The van der Waals surface area contributed by atoms with Crippen LogP contribution in [0.4, 0.5) is 0 Å². The lowest BCUT2D eigenvalue weighted by Crippen LogP contribution is -2.30. The normalized spacial score (nSPS) is 16.7. The van der Waals surface area contributed by atoms with Gasteiger partial charge in [0.05, 0.1) is 34.9 Å². The molecule has 9 heteroatoms. The Morgan fingerprint density at radius 3 is 2.50 bits per heavy atom. The van der Waals surface area contributed by atoms with Gasteiger partial charge >= 0.3 is 0 Å². The lowest BCUT2D eigenvalue weighted by Gasteiger charge is -2.26. The Balaban J connectivity index is 1.24. The van der Waals surface area contributed by atoms with E-state index in [0.29, 0.717) is 52.9 Å². The first-order valence-electron chi connectivity index (χ1n) is 13.7. The van der Waals surface area contributed by atoms with E-state index in [1.807, 2.05) is 31.2 Å². The Morgan fingerprint density at radius 1 is 1.05 bits per heavy atom. The maximum atomic E-state index is 14.1. The van der Waals surface area contributed by atoms with Crippen LogP contribution in [-0.4, -0.2) is 44.7 Å². The van der Waals surface area contributed by atoms with Crippen LogP contribution in [0.15, 0.2) is 58.5 Å². The Bertz CT molecular complexity index is 1650. The molecule has 6 rings (SSSR count). The second-order valence-corrected chi connectivity index (χ2v) is 12.9. The monoisotopic (exact) mass is 573 g/mol. The van der Waals surface area contributed by atoms with Crippen LogP contribution in [0.3, 0.4) is 0 Å². The van der Waals surface area contributed by atoms with Crippen molar-refractivity contribution in [3.63, 3.8) is 0 Å². The number of nitrogens with zero attached hydrogens (tertiary/aromatic N) is 3. The molecule has 40 heavy (non-hydrogen) atoms. The van der Waals surface area contributed by atoms with E-state index >= 15 is 0 Å². The zero-order valence-corrected chi connectivity index (χ0v) is 24.4. The number of carbonyl (C=O) groups excluding carboxylic acids is 2. The Kier molecular flexibility index (Phi) is 7.37. The smallest absolute Gasteiger partial charge is 0.267 e. The van der Waals surface area contributed by atoms with Crippen molar-refractivity contribution in [2.24, 2.45) is 5.92 Å². The summed E-state index contributed by atoms with van der Waals surface area (Å²) in [5, 5.41) is 1.37. The maximum absolute atomic E-state index is 14.1. The van der Waals surface area contributed by atoms with Crippen LogP contribution in [-0.2, 0) is 17.8 Å². The minimum absolute atomic E-state index is 0.0361. The summed E-state index contributed by atoms with van der Waals surface area (Å²) >= 11 is 3.10. The molecule has 2 aromatic heterocycles. The number of hydrogen-bond donors (Lipinski definition) is 0. The molecule has 2 amide bonds. The highest BCUT2D eigenvalue weighted by molar-refractivity contribution is 7.99. The molecule has 1 atom stereocenters. The molecule has 0 aliphatic carbocycles. The predicted octanol–water partition coefficient (Wildman–Crippen LogP) is 6.02. The third-order valence-corrected chi connectivity index (χ3v) is 9.72. The van der Waals surface area contributed by atoms with Gasteiger partial charge < -0.3 is 4.74 Å². The lowest BCUT2D eigenvalue weighted by atomic mass is 9.96. The lowest BCUT2D eigenvalue weighted by molar-refractivity contribution is 0.00200. The zero-order chi connectivity index (χ0) is 28.0. The molecule has 7 nitrogen and oxygen atoms in total. The van der Waals surface area contributed by atoms with Crippen LogP contribution in [0.25, 0.3) is 15.9 Å². The Labute approximate surface area is 241 Å². The number of ether oxygens (including phenoxy) is 1. The molecule has 0 saturated heterocycles. The third kappa shape index (κ3) is 4.80. The molecule has 0 N–H and O–H groups in total. The van der Waals surface area contributed by atoms with E-state index in [0.717, 1.165) is 39.4 Å². The molecule has 4 heterocycles. The fourth-order valence-electron chi connectivity index (χ4n) is 5.41. The summed E-state index contributed by atoms with van der Waals surface area (Å²) in [6.45, 7) is 7.21. The van der Waals surface area contributed by atoms with Gasteiger partial charge in [-0.1, -0.05) is 49.9 Å². The molecule has 206 valence electrons. The average Bonchev–Trinajstić information content (AvgIpc) is 3.43. The molecule has 0 saturated carbocycles. The van der Waals surface area contributed by atoms with Gasteiger partial charge in [0.2, 0.25) is 0 Å². The highest BCUT2D eigenvalue weighted by Gasteiger charge is 2.34. The van der Waals surface area contributed by atoms with Crippen LogP contribution in [0.5, 0.6) is 0 Å². The van der Waals surface area contributed by atoms with Gasteiger partial charge in [-0.15, -0.1) is 11.3 Å². The van der Waals surface area contributed by atoms with Crippen LogP contribution in [0, 0.1) is 12.8 Å². The number of fused-ring (bicyclic) bond motifs is 4. The molecule has 4 aromatic rings. The largest absolute Gasteiger partial charge is 0.372 e. The van der Waals surface area contributed by atoms with Gasteiger partial charge in [-0.05, 0) is 61.1 Å².